The second kappa shape index (κ2) is 7.16. The zero-order valence-corrected chi connectivity index (χ0v) is 16.8. The molecule has 29 heavy (non-hydrogen) atoms. The molecule has 0 amide bonds. The van der Waals surface area contributed by atoms with Crippen LogP contribution in [0.1, 0.15) is 41.3 Å². The molecule has 4 aromatic rings. The van der Waals surface area contributed by atoms with E-state index < -0.39 is 0 Å². The highest BCUT2D eigenvalue weighted by Crippen LogP contribution is 2.31. The maximum atomic E-state index is 12.1. The molecule has 0 spiro atoms. The van der Waals surface area contributed by atoms with Crippen molar-refractivity contribution in [1.29, 1.82) is 0 Å². The quantitative estimate of drug-likeness (QED) is 0.466. The Morgan fingerprint density at radius 1 is 1.07 bits per heavy atom. The van der Waals surface area contributed by atoms with Crippen molar-refractivity contribution in [3.63, 3.8) is 0 Å². The van der Waals surface area contributed by atoms with E-state index >= 15 is 0 Å². The van der Waals surface area contributed by atoms with Gasteiger partial charge in [0.05, 0.1) is 0 Å². The number of likely N-dealkylation sites (tertiary alicyclic amines) is 1. The van der Waals surface area contributed by atoms with Gasteiger partial charge >= 0.3 is 5.63 Å². The van der Waals surface area contributed by atoms with Crippen LogP contribution in [0.4, 0.5) is 0 Å². The predicted molar refractivity (Wildman–Crippen MR) is 113 cm³/mol. The van der Waals surface area contributed by atoms with E-state index in [1.807, 2.05) is 38.1 Å². The molecule has 2 aromatic heterocycles. The van der Waals surface area contributed by atoms with E-state index in [0.29, 0.717) is 11.5 Å². The van der Waals surface area contributed by atoms with Gasteiger partial charge in [-0.25, -0.2) is 9.78 Å². The Balaban J connectivity index is 1.34. The summed E-state index contributed by atoms with van der Waals surface area (Å²) >= 11 is 0. The zero-order chi connectivity index (χ0) is 20.0. The molecule has 5 nitrogen and oxygen atoms in total. The molecule has 1 aliphatic rings. The topological polar surface area (TPSA) is 59.5 Å². The second-order valence-electron chi connectivity index (χ2n) is 8.05. The molecular formula is C24H24N2O3. The van der Waals surface area contributed by atoms with Crippen molar-refractivity contribution in [2.24, 2.45) is 0 Å². The summed E-state index contributed by atoms with van der Waals surface area (Å²) in [6.07, 6.45) is 2.01. The molecule has 0 unspecified atom stereocenters. The van der Waals surface area contributed by atoms with Crippen molar-refractivity contribution in [2.75, 3.05) is 13.1 Å². The fourth-order valence-electron chi connectivity index (χ4n) is 4.30. The molecule has 5 heteroatoms. The first-order chi connectivity index (χ1) is 14.1. The van der Waals surface area contributed by atoms with E-state index in [1.54, 1.807) is 6.07 Å². The average molecular weight is 388 g/mol. The van der Waals surface area contributed by atoms with E-state index in [4.69, 9.17) is 8.83 Å². The molecule has 1 saturated heterocycles. The lowest BCUT2D eigenvalue weighted by Gasteiger charge is -2.30. The largest absolute Gasteiger partial charge is 0.440 e. The molecule has 1 fully saturated rings. The SMILES string of the molecule is Cc1ccc2c(CN3CCC(c4nc5ccccc5o4)CC3)cc(=O)oc2c1C. The molecule has 0 N–H and O–H groups in total. The summed E-state index contributed by atoms with van der Waals surface area (Å²) in [6.45, 7) is 6.71. The van der Waals surface area contributed by atoms with Crippen LogP contribution in [0.25, 0.3) is 22.1 Å². The molecule has 5 rings (SSSR count). The van der Waals surface area contributed by atoms with Gasteiger partial charge in [0, 0.05) is 23.9 Å². The van der Waals surface area contributed by atoms with Gasteiger partial charge in [-0.3, -0.25) is 4.90 Å². The maximum Gasteiger partial charge on any atom is 0.336 e. The third-order valence-corrected chi connectivity index (χ3v) is 6.16. The number of para-hydroxylation sites is 2. The van der Waals surface area contributed by atoms with Crippen molar-refractivity contribution in [3.05, 3.63) is 75.5 Å². The summed E-state index contributed by atoms with van der Waals surface area (Å²) in [6, 6.07) is 13.7. The first-order valence-electron chi connectivity index (χ1n) is 10.2. The van der Waals surface area contributed by atoms with Crippen LogP contribution in [0, 0.1) is 13.8 Å². The third-order valence-electron chi connectivity index (χ3n) is 6.16. The Labute approximate surface area is 169 Å². The summed E-state index contributed by atoms with van der Waals surface area (Å²) in [7, 11) is 0. The van der Waals surface area contributed by atoms with Crippen LogP contribution >= 0.6 is 0 Å². The number of benzene rings is 2. The molecule has 0 bridgehead atoms. The van der Waals surface area contributed by atoms with Crippen LogP contribution in [0.15, 0.2) is 56.1 Å². The van der Waals surface area contributed by atoms with E-state index in [2.05, 4.69) is 22.0 Å². The van der Waals surface area contributed by atoms with Crippen LogP contribution in [-0.4, -0.2) is 23.0 Å². The summed E-state index contributed by atoms with van der Waals surface area (Å²) in [5, 5.41) is 1.04. The van der Waals surface area contributed by atoms with Crippen LogP contribution < -0.4 is 5.63 Å². The van der Waals surface area contributed by atoms with Crippen molar-refractivity contribution in [3.8, 4) is 0 Å². The zero-order valence-electron chi connectivity index (χ0n) is 16.8. The van der Waals surface area contributed by atoms with Gasteiger partial charge in [-0.15, -0.1) is 0 Å². The van der Waals surface area contributed by atoms with Crippen molar-refractivity contribution < 1.29 is 8.83 Å². The highest BCUT2D eigenvalue weighted by atomic mass is 16.4. The number of nitrogens with zero attached hydrogens (tertiary/aromatic N) is 2. The van der Waals surface area contributed by atoms with Crippen LogP contribution in [0.3, 0.4) is 0 Å². The summed E-state index contributed by atoms with van der Waals surface area (Å²) in [5.41, 5.74) is 5.44. The van der Waals surface area contributed by atoms with Crippen LogP contribution in [0.2, 0.25) is 0 Å². The Kier molecular flexibility index (Phi) is 4.47. The minimum absolute atomic E-state index is 0.275. The van der Waals surface area contributed by atoms with Gasteiger partial charge < -0.3 is 8.83 Å². The van der Waals surface area contributed by atoms with Crippen LogP contribution in [-0.2, 0) is 6.54 Å². The van der Waals surface area contributed by atoms with Gasteiger partial charge in [0.2, 0.25) is 0 Å². The number of aromatic nitrogens is 1. The van der Waals surface area contributed by atoms with E-state index in [0.717, 1.165) is 71.5 Å². The third kappa shape index (κ3) is 3.36. The Morgan fingerprint density at radius 2 is 1.86 bits per heavy atom. The minimum atomic E-state index is -0.275. The number of fused-ring (bicyclic) bond motifs is 2. The molecule has 148 valence electrons. The van der Waals surface area contributed by atoms with Gasteiger partial charge in [-0.2, -0.15) is 0 Å². The standard InChI is InChI=1S/C24H24N2O3/c1-15-7-8-19-18(13-22(27)29-23(19)16(15)2)14-26-11-9-17(10-12-26)24-25-20-5-3-4-6-21(20)28-24/h3-8,13,17H,9-12,14H2,1-2H3. The summed E-state index contributed by atoms with van der Waals surface area (Å²) in [4.78, 5) is 19.2. The van der Waals surface area contributed by atoms with Gasteiger partial charge in [-0.05, 0) is 68.6 Å². The minimum Gasteiger partial charge on any atom is -0.440 e. The smallest absolute Gasteiger partial charge is 0.336 e. The molecule has 3 heterocycles. The average Bonchev–Trinajstić information content (AvgIpc) is 3.16. The molecule has 0 radical (unpaired) electrons. The van der Waals surface area contributed by atoms with Crippen molar-refractivity contribution >= 4 is 22.1 Å². The lowest BCUT2D eigenvalue weighted by Crippen LogP contribution is -2.32. The van der Waals surface area contributed by atoms with E-state index in [-0.39, 0.29) is 5.63 Å². The summed E-state index contributed by atoms with van der Waals surface area (Å²) in [5.74, 6) is 1.20. The lowest BCUT2D eigenvalue weighted by atomic mass is 9.96. The van der Waals surface area contributed by atoms with E-state index in [9.17, 15) is 4.79 Å². The van der Waals surface area contributed by atoms with Crippen LogP contribution in [0.5, 0.6) is 0 Å². The highest BCUT2D eigenvalue weighted by Gasteiger charge is 2.25. The monoisotopic (exact) mass is 388 g/mol. The van der Waals surface area contributed by atoms with Gasteiger partial charge in [-0.1, -0.05) is 24.3 Å². The molecular weight excluding hydrogens is 364 g/mol. The number of hydrogen-bond acceptors (Lipinski definition) is 5. The molecule has 0 aliphatic carbocycles. The summed E-state index contributed by atoms with van der Waals surface area (Å²) < 4.78 is 11.5. The Bertz CT molecular complexity index is 1210. The fraction of sp³-hybridized carbons (Fsp3) is 0.333. The molecule has 0 atom stereocenters. The van der Waals surface area contributed by atoms with Gasteiger partial charge in [0.1, 0.15) is 11.1 Å². The predicted octanol–water partition coefficient (Wildman–Crippen LogP) is 4.93. The van der Waals surface area contributed by atoms with Crippen molar-refractivity contribution in [2.45, 2.75) is 39.2 Å². The molecule has 2 aromatic carbocycles. The molecule has 1 aliphatic heterocycles. The first kappa shape index (κ1) is 18.1. The first-order valence-corrected chi connectivity index (χ1v) is 10.2. The maximum absolute atomic E-state index is 12.1. The number of aryl methyl sites for hydroxylation is 2. The normalized spacial score (nSPS) is 16.1. The van der Waals surface area contributed by atoms with Crippen molar-refractivity contribution in [1.82, 2.24) is 9.88 Å². The van der Waals surface area contributed by atoms with Gasteiger partial charge in [0.25, 0.3) is 0 Å². The number of piperidine rings is 1. The lowest BCUT2D eigenvalue weighted by molar-refractivity contribution is 0.194. The Morgan fingerprint density at radius 3 is 2.66 bits per heavy atom. The van der Waals surface area contributed by atoms with Gasteiger partial charge in [0.15, 0.2) is 11.5 Å². The second-order valence-corrected chi connectivity index (χ2v) is 8.05. The molecule has 0 saturated carbocycles. The number of hydrogen-bond donors (Lipinski definition) is 0. The highest BCUT2D eigenvalue weighted by molar-refractivity contribution is 5.83. The van der Waals surface area contributed by atoms with E-state index in [1.165, 1.54) is 0 Å². The fourth-order valence-corrected chi connectivity index (χ4v) is 4.30. The Hall–Kier alpha value is -2.92. The number of oxazole rings is 1. The number of rotatable bonds is 3.